The molecule has 0 radical (unpaired) electrons. The van der Waals surface area contributed by atoms with Crippen LogP contribution in [0.25, 0.3) is 0 Å². The third-order valence-corrected chi connectivity index (χ3v) is 4.39. The Hall–Kier alpha value is -1.75. The third kappa shape index (κ3) is 3.35. The fourth-order valence-corrected chi connectivity index (χ4v) is 3.16. The normalized spacial score (nSPS) is 23.2. The second-order valence-corrected chi connectivity index (χ2v) is 5.74. The predicted octanol–water partition coefficient (Wildman–Crippen LogP) is 2.30. The maximum atomic E-state index is 12.4. The number of fused-ring (bicyclic) bond motifs is 1. The van der Waals surface area contributed by atoms with Crippen molar-refractivity contribution in [2.45, 2.75) is 25.2 Å². The molecule has 120 valence electrons. The van der Waals surface area contributed by atoms with Crippen LogP contribution in [0.15, 0.2) is 24.3 Å². The topological polar surface area (TPSA) is 66.8 Å². The van der Waals surface area contributed by atoms with Gasteiger partial charge in [-0.2, -0.15) is 0 Å². The SMILES string of the molecule is Cl.O=C(O)C1CCN(C(=O)CC2CCOc3ccccc32)C1. The Labute approximate surface area is 135 Å². The Morgan fingerprint density at radius 3 is 2.77 bits per heavy atom. The van der Waals surface area contributed by atoms with Gasteiger partial charge in [-0.1, -0.05) is 18.2 Å². The molecule has 1 fully saturated rings. The summed E-state index contributed by atoms with van der Waals surface area (Å²) >= 11 is 0. The number of ether oxygens (including phenoxy) is 1. The van der Waals surface area contributed by atoms with Crippen LogP contribution < -0.4 is 4.74 Å². The molecule has 6 heteroatoms. The van der Waals surface area contributed by atoms with Crippen LogP contribution in [-0.2, 0) is 9.59 Å². The van der Waals surface area contributed by atoms with E-state index in [1.54, 1.807) is 4.90 Å². The Morgan fingerprint density at radius 2 is 2.05 bits per heavy atom. The number of carboxylic acid groups (broad SMARTS) is 1. The number of aliphatic carboxylic acids is 1. The zero-order chi connectivity index (χ0) is 14.8. The van der Waals surface area contributed by atoms with Gasteiger partial charge in [0, 0.05) is 19.5 Å². The van der Waals surface area contributed by atoms with Gasteiger partial charge in [0.05, 0.1) is 12.5 Å². The summed E-state index contributed by atoms with van der Waals surface area (Å²) in [6.07, 6.45) is 1.83. The summed E-state index contributed by atoms with van der Waals surface area (Å²) in [6.45, 7) is 1.53. The van der Waals surface area contributed by atoms with Crippen LogP contribution in [-0.4, -0.2) is 41.6 Å². The lowest BCUT2D eigenvalue weighted by Crippen LogP contribution is -2.31. The number of hydrogen-bond donors (Lipinski definition) is 1. The van der Waals surface area contributed by atoms with Crippen LogP contribution in [0.2, 0.25) is 0 Å². The van der Waals surface area contributed by atoms with Crippen LogP contribution in [0.3, 0.4) is 0 Å². The predicted molar refractivity (Wildman–Crippen MR) is 83.5 cm³/mol. The smallest absolute Gasteiger partial charge is 0.308 e. The number of carbonyl (C=O) groups is 2. The molecule has 2 heterocycles. The van der Waals surface area contributed by atoms with E-state index in [0.717, 1.165) is 17.7 Å². The van der Waals surface area contributed by atoms with Crippen LogP contribution >= 0.6 is 12.4 Å². The second-order valence-electron chi connectivity index (χ2n) is 5.74. The lowest BCUT2D eigenvalue weighted by molar-refractivity contribution is -0.141. The molecule has 0 spiro atoms. The second kappa shape index (κ2) is 7.01. The van der Waals surface area contributed by atoms with Crippen molar-refractivity contribution in [2.75, 3.05) is 19.7 Å². The highest BCUT2D eigenvalue weighted by Crippen LogP contribution is 2.36. The van der Waals surface area contributed by atoms with Crippen molar-refractivity contribution in [2.24, 2.45) is 5.92 Å². The highest BCUT2D eigenvalue weighted by Gasteiger charge is 2.32. The van der Waals surface area contributed by atoms with Crippen LogP contribution in [0.5, 0.6) is 5.75 Å². The molecule has 2 atom stereocenters. The van der Waals surface area contributed by atoms with E-state index in [9.17, 15) is 9.59 Å². The molecule has 1 saturated heterocycles. The van der Waals surface area contributed by atoms with Gasteiger partial charge in [0.1, 0.15) is 5.75 Å². The third-order valence-electron chi connectivity index (χ3n) is 4.39. The molecule has 1 aromatic rings. The molecule has 2 aliphatic rings. The first-order chi connectivity index (χ1) is 10.1. The summed E-state index contributed by atoms with van der Waals surface area (Å²) in [6, 6.07) is 7.83. The molecule has 0 bridgehead atoms. The number of amides is 1. The largest absolute Gasteiger partial charge is 0.493 e. The first kappa shape index (κ1) is 16.6. The summed E-state index contributed by atoms with van der Waals surface area (Å²) in [5.74, 6) is -0.115. The first-order valence-electron chi connectivity index (χ1n) is 7.37. The summed E-state index contributed by atoms with van der Waals surface area (Å²) in [7, 11) is 0. The van der Waals surface area contributed by atoms with Gasteiger partial charge in [0.2, 0.25) is 5.91 Å². The monoisotopic (exact) mass is 325 g/mol. The van der Waals surface area contributed by atoms with Crippen molar-refractivity contribution in [3.05, 3.63) is 29.8 Å². The lowest BCUT2D eigenvalue weighted by atomic mass is 9.90. The molecule has 22 heavy (non-hydrogen) atoms. The molecule has 1 aromatic carbocycles. The Bertz CT molecular complexity index is 563. The maximum Gasteiger partial charge on any atom is 0.308 e. The Balaban J connectivity index is 0.00000176. The molecular weight excluding hydrogens is 306 g/mol. The first-order valence-corrected chi connectivity index (χ1v) is 7.37. The van der Waals surface area contributed by atoms with Crippen LogP contribution in [0.4, 0.5) is 0 Å². The van der Waals surface area contributed by atoms with E-state index in [1.165, 1.54) is 0 Å². The van der Waals surface area contributed by atoms with Crippen LogP contribution in [0.1, 0.15) is 30.7 Å². The molecule has 2 aliphatic heterocycles. The molecule has 1 N–H and O–H groups in total. The van der Waals surface area contributed by atoms with Gasteiger partial charge in [-0.3, -0.25) is 9.59 Å². The number of carboxylic acids is 1. The zero-order valence-corrected chi connectivity index (χ0v) is 13.1. The van der Waals surface area contributed by atoms with Gasteiger partial charge in [-0.15, -0.1) is 12.4 Å². The number of benzene rings is 1. The number of rotatable bonds is 3. The van der Waals surface area contributed by atoms with E-state index in [0.29, 0.717) is 32.5 Å². The number of halogens is 1. The Morgan fingerprint density at radius 1 is 1.27 bits per heavy atom. The van der Waals surface area contributed by atoms with E-state index < -0.39 is 11.9 Å². The highest BCUT2D eigenvalue weighted by molar-refractivity contribution is 5.85. The van der Waals surface area contributed by atoms with Crippen molar-refractivity contribution in [1.29, 1.82) is 0 Å². The number of carbonyl (C=O) groups excluding carboxylic acids is 1. The molecule has 0 aliphatic carbocycles. The molecule has 1 amide bonds. The van der Waals surface area contributed by atoms with E-state index in [-0.39, 0.29) is 24.2 Å². The quantitative estimate of drug-likeness (QED) is 0.926. The van der Waals surface area contributed by atoms with Gasteiger partial charge in [-0.05, 0) is 30.4 Å². The highest BCUT2D eigenvalue weighted by atomic mass is 35.5. The van der Waals surface area contributed by atoms with Crippen molar-refractivity contribution < 1.29 is 19.4 Å². The standard InChI is InChI=1S/C16H19NO4.ClH/c18-15(17-7-5-12(10-17)16(19)20)9-11-6-8-21-14-4-2-1-3-13(11)14;/h1-4,11-12H,5-10H2,(H,19,20);1H. The van der Waals surface area contributed by atoms with Gasteiger partial charge in [-0.25, -0.2) is 0 Å². The minimum Gasteiger partial charge on any atom is -0.493 e. The Kier molecular flexibility index (Phi) is 5.29. The summed E-state index contributed by atoms with van der Waals surface area (Å²) < 4.78 is 5.61. The maximum absolute atomic E-state index is 12.4. The van der Waals surface area contributed by atoms with E-state index in [2.05, 4.69) is 0 Å². The van der Waals surface area contributed by atoms with Crippen LogP contribution in [0, 0.1) is 5.92 Å². The van der Waals surface area contributed by atoms with E-state index >= 15 is 0 Å². The minimum atomic E-state index is -0.804. The molecule has 0 aromatic heterocycles. The molecule has 0 saturated carbocycles. The number of likely N-dealkylation sites (tertiary alicyclic amines) is 1. The molecule has 2 unspecified atom stereocenters. The van der Waals surface area contributed by atoms with Gasteiger partial charge >= 0.3 is 5.97 Å². The lowest BCUT2D eigenvalue weighted by Gasteiger charge is -2.27. The van der Waals surface area contributed by atoms with Gasteiger partial charge < -0.3 is 14.7 Å². The van der Waals surface area contributed by atoms with E-state index in [1.807, 2.05) is 24.3 Å². The number of para-hydroxylation sites is 1. The minimum absolute atomic E-state index is 0. The van der Waals surface area contributed by atoms with Crippen molar-refractivity contribution >= 4 is 24.3 Å². The fourth-order valence-electron chi connectivity index (χ4n) is 3.16. The molecule has 3 rings (SSSR count). The van der Waals surface area contributed by atoms with Crippen molar-refractivity contribution in [1.82, 2.24) is 4.90 Å². The summed E-state index contributed by atoms with van der Waals surface area (Å²) in [5, 5.41) is 9.01. The average molecular weight is 326 g/mol. The fraction of sp³-hybridized carbons (Fsp3) is 0.500. The average Bonchev–Trinajstić information content (AvgIpc) is 2.98. The molecular formula is C16H20ClNO4. The van der Waals surface area contributed by atoms with Crippen molar-refractivity contribution in [3.8, 4) is 5.75 Å². The number of hydrogen-bond acceptors (Lipinski definition) is 3. The van der Waals surface area contributed by atoms with E-state index in [4.69, 9.17) is 9.84 Å². The summed E-state index contributed by atoms with van der Waals surface area (Å²) in [4.78, 5) is 25.0. The number of nitrogens with zero attached hydrogens (tertiary/aromatic N) is 1. The zero-order valence-electron chi connectivity index (χ0n) is 12.2. The van der Waals surface area contributed by atoms with Gasteiger partial charge in [0.15, 0.2) is 0 Å². The molecule has 5 nitrogen and oxygen atoms in total. The van der Waals surface area contributed by atoms with Crippen molar-refractivity contribution in [3.63, 3.8) is 0 Å². The summed E-state index contributed by atoms with van der Waals surface area (Å²) in [5.41, 5.74) is 1.09. The van der Waals surface area contributed by atoms with Gasteiger partial charge in [0.25, 0.3) is 0 Å².